The second-order valence-electron chi connectivity index (χ2n) is 3.80. The van der Waals surface area contributed by atoms with Gasteiger partial charge in [0, 0.05) is 30.8 Å². The Kier molecular flexibility index (Phi) is 7.49. The number of nitrogens with one attached hydrogen (secondary N) is 1. The first-order valence-electron chi connectivity index (χ1n) is 6.00. The normalized spacial score (nSPS) is 11.1. The van der Waals surface area contributed by atoms with Gasteiger partial charge >= 0.3 is 0 Å². The van der Waals surface area contributed by atoms with Crippen LogP contribution >= 0.6 is 11.6 Å². The number of methoxy groups -OCH3 is 1. The topological polar surface area (TPSA) is 30.5 Å². The molecule has 1 aromatic rings. The molecule has 18 heavy (non-hydrogen) atoms. The van der Waals surface area contributed by atoms with Crippen molar-refractivity contribution in [3.05, 3.63) is 40.9 Å². The smallest absolute Gasteiger partial charge is 0.124 e. The summed E-state index contributed by atoms with van der Waals surface area (Å²) < 4.78 is 10.7. The Balaban J connectivity index is 2.58. The van der Waals surface area contributed by atoms with Crippen molar-refractivity contribution < 1.29 is 9.47 Å². The van der Waals surface area contributed by atoms with Crippen LogP contribution in [0.2, 0.25) is 5.02 Å². The third-order valence-electron chi connectivity index (χ3n) is 2.39. The molecule has 100 valence electrons. The molecule has 1 rings (SSSR count). The molecule has 0 aliphatic rings. The van der Waals surface area contributed by atoms with E-state index < -0.39 is 0 Å². The van der Waals surface area contributed by atoms with Crippen molar-refractivity contribution in [2.24, 2.45) is 0 Å². The number of hydrogen-bond donors (Lipinski definition) is 1. The minimum absolute atomic E-state index is 0.573. The summed E-state index contributed by atoms with van der Waals surface area (Å²) in [6, 6.07) is 5.66. The van der Waals surface area contributed by atoms with Crippen LogP contribution in [0.3, 0.4) is 0 Å². The Labute approximate surface area is 114 Å². The highest BCUT2D eigenvalue weighted by Gasteiger charge is 2.04. The van der Waals surface area contributed by atoms with Crippen molar-refractivity contribution in [3.8, 4) is 5.75 Å². The van der Waals surface area contributed by atoms with Crippen molar-refractivity contribution in [2.75, 3.05) is 26.9 Å². The largest absolute Gasteiger partial charge is 0.489 e. The minimum Gasteiger partial charge on any atom is -0.489 e. The Morgan fingerprint density at radius 1 is 1.39 bits per heavy atom. The van der Waals surface area contributed by atoms with E-state index in [1.807, 2.05) is 37.3 Å². The van der Waals surface area contributed by atoms with Gasteiger partial charge in [0.2, 0.25) is 0 Å². The molecular weight excluding hydrogens is 250 g/mol. The van der Waals surface area contributed by atoms with Crippen LogP contribution in [0.1, 0.15) is 12.5 Å². The molecule has 0 atom stereocenters. The Hall–Kier alpha value is -1.03. The fraction of sp³-hybridized carbons (Fsp3) is 0.429. The Morgan fingerprint density at radius 2 is 2.22 bits per heavy atom. The molecule has 0 bridgehead atoms. The third-order valence-corrected chi connectivity index (χ3v) is 2.63. The maximum absolute atomic E-state index is 6.00. The maximum Gasteiger partial charge on any atom is 0.124 e. The standard InChI is InChI=1S/C14H20ClNO2/c1-3-4-8-18-14-6-5-13(15)10-12(14)11-16-7-9-17-2/h3-6,10,16H,7-9,11H2,1-2H3. The number of allylic oxidation sites excluding steroid dienone is 1. The van der Waals surface area contributed by atoms with Gasteiger partial charge in [-0.2, -0.15) is 0 Å². The average molecular weight is 270 g/mol. The zero-order valence-electron chi connectivity index (χ0n) is 10.9. The first-order chi connectivity index (χ1) is 8.77. The molecule has 0 radical (unpaired) electrons. The first kappa shape index (κ1) is 15.0. The molecule has 4 heteroatoms. The molecule has 0 aliphatic carbocycles. The molecule has 1 N–H and O–H groups in total. The van der Waals surface area contributed by atoms with Gasteiger partial charge in [0.25, 0.3) is 0 Å². The number of ether oxygens (including phenoxy) is 2. The van der Waals surface area contributed by atoms with E-state index in [1.54, 1.807) is 7.11 Å². The van der Waals surface area contributed by atoms with Gasteiger partial charge in [-0.1, -0.05) is 23.8 Å². The monoisotopic (exact) mass is 269 g/mol. The average Bonchev–Trinajstić information content (AvgIpc) is 2.37. The maximum atomic E-state index is 6.00. The molecule has 0 saturated heterocycles. The molecule has 0 spiro atoms. The number of halogens is 1. The fourth-order valence-corrected chi connectivity index (χ4v) is 1.65. The van der Waals surface area contributed by atoms with Crippen molar-refractivity contribution >= 4 is 11.6 Å². The highest BCUT2D eigenvalue weighted by atomic mass is 35.5. The predicted molar refractivity (Wildman–Crippen MR) is 75.3 cm³/mol. The van der Waals surface area contributed by atoms with Crippen LogP contribution in [0.5, 0.6) is 5.75 Å². The van der Waals surface area contributed by atoms with Gasteiger partial charge in [-0.3, -0.25) is 0 Å². The lowest BCUT2D eigenvalue weighted by Gasteiger charge is -2.11. The lowest BCUT2D eigenvalue weighted by molar-refractivity contribution is 0.199. The lowest BCUT2D eigenvalue weighted by atomic mass is 10.2. The summed E-state index contributed by atoms with van der Waals surface area (Å²) in [6.45, 7) is 4.75. The Morgan fingerprint density at radius 3 is 2.94 bits per heavy atom. The van der Waals surface area contributed by atoms with Crippen LogP contribution in [-0.4, -0.2) is 26.9 Å². The van der Waals surface area contributed by atoms with Crippen LogP contribution in [0, 0.1) is 0 Å². The van der Waals surface area contributed by atoms with Gasteiger partial charge in [0.1, 0.15) is 12.4 Å². The molecule has 0 fully saturated rings. The molecule has 0 amide bonds. The van der Waals surface area contributed by atoms with Crippen LogP contribution in [0.4, 0.5) is 0 Å². The third kappa shape index (κ3) is 5.54. The van der Waals surface area contributed by atoms with E-state index in [1.165, 1.54) is 0 Å². The summed E-state index contributed by atoms with van der Waals surface area (Å²) >= 11 is 6.00. The van der Waals surface area contributed by atoms with Gasteiger partial charge in [0.15, 0.2) is 0 Å². The Bertz CT molecular complexity index is 380. The lowest BCUT2D eigenvalue weighted by Crippen LogP contribution is -2.19. The van der Waals surface area contributed by atoms with Crippen molar-refractivity contribution in [1.82, 2.24) is 5.32 Å². The van der Waals surface area contributed by atoms with E-state index in [0.717, 1.165) is 29.4 Å². The van der Waals surface area contributed by atoms with Crippen LogP contribution < -0.4 is 10.1 Å². The second kappa shape index (κ2) is 8.97. The molecule has 3 nitrogen and oxygen atoms in total. The van der Waals surface area contributed by atoms with E-state index in [2.05, 4.69) is 5.32 Å². The first-order valence-corrected chi connectivity index (χ1v) is 6.37. The number of rotatable bonds is 8. The summed E-state index contributed by atoms with van der Waals surface area (Å²) in [5, 5.41) is 4.00. The van der Waals surface area contributed by atoms with Gasteiger partial charge < -0.3 is 14.8 Å². The van der Waals surface area contributed by atoms with E-state index in [-0.39, 0.29) is 0 Å². The summed E-state index contributed by atoms with van der Waals surface area (Å²) in [6.07, 6.45) is 3.93. The van der Waals surface area contributed by atoms with Crippen LogP contribution in [0.25, 0.3) is 0 Å². The molecule has 0 aromatic heterocycles. The van der Waals surface area contributed by atoms with Crippen molar-refractivity contribution in [2.45, 2.75) is 13.5 Å². The van der Waals surface area contributed by atoms with Gasteiger partial charge in [-0.15, -0.1) is 0 Å². The van der Waals surface area contributed by atoms with Gasteiger partial charge in [-0.25, -0.2) is 0 Å². The quantitative estimate of drug-likeness (QED) is 0.581. The number of hydrogen-bond acceptors (Lipinski definition) is 3. The summed E-state index contributed by atoms with van der Waals surface area (Å²) in [7, 11) is 1.69. The zero-order chi connectivity index (χ0) is 13.2. The summed E-state index contributed by atoms with van der Waals surface area (Å²) in [4.78, 5) is 0. The van der Waals surface area contributed by atoms with Crippen molar-refractivity contribution in [1.29, 1.82) is 0 Å². The summed E-state index contributed by atoms with van der Waals surface area (Å²) in [5.41, 5.74) is 1.06. The molecular formula is C14H20ClNO2. The molecule has 0 aliphatic heterocycles. The minimum atomic E-state index is 0.573. The molecule has 0 heterocycles. The van der Waals surface area contributed by atoms with E-state index in [0.29, 0.717) is 13.2 Å². The fourth-order valence-electron chi connectivity index (χ4n) is 1.46. The predicted octanol–water partition coefficient (Wildman–Crippen LogP) is 3.03. The SMILES string of the molecule is CC=CCOc1ccc(Cl)cc1CNCCOC. The van der Waals surface area contributed by atoms with Crippen molar-refractivity contribution in [3.63, 3.8) is 0 Å². The summed E-state index contributed by atoms with van der Waals surface area (Å²) in [5.74, 6) is 0.863. The van der Waals surface area contributed by atoms with Crippen LogP contribution in [0.15, 0.2) is 30.4 Å². The molecule has 0 saturated carbocycles. The molecule has 0 unspecified atom stereocenters. The highest BCUT2D eigenvalue weighted by molar-refractivity contribution is 6.30. The highest BCUT2D eigenvalue weighted by Crippen LogP contribution is 2.22. The van der Waals surface area contributed by atoms with Gasteiger partial charge in [-0.05, 0) is 25.1 Å². The van der Waals surface area contributed by atoms with Crippen LogP contribution in [-0.2, 0) is 11.3 Å². The van der Waals surface area contributed by atoms with E-state index in [4.69, 9.17) is 21.1 Å². The van der Waals surface area contributed by atoms with E-state index in [9.17, 15) is 0 Å². The zero-order valence-corrected chi connectivity index (χ0v) is 11.7. The number of benzene rings is 1. The van der Waals surface area contributed by atoms with E-state index >= 15 is 0 Å². The second-order valence-corrected chi connectivity index (χ2v) is 4.24. The molecule has 1 aromatic carbocycles. The van der Waals surface area contributed by atoms with Gasteiger partial charge in [0.05, 0.1) is 6.61 Å².